The number of nitrogens with one attached hydrogen (secondary N) is 1. The van der Waals surface area contributed by atoms with Crippen molar-refractivity contribution in [2.24, 2.45) is 4.99 Å². The molecule has 17 heavy (non-hydrogen) atoms. The van der Waals surface area contributed by atoms with Gasteiger partial charge in [0.05, 0.1) is 22.3 Å². The van der Waals surface area contributed by atoms with Crippen LogP contribution in [0, 0.1) is 0 Å². The van der Waals surface area contributed by atoms with Gasteiger partial charge < -0.3 is 10.0 Å². The Morgan fingerprint density at radius 2 is 2.24 bits per heavy atom. The molecule has 0 aliphatic carbocycles. The Morgan fingerprint density at radius 3 is 3.00 bits per heavy atom. The number of hydrogen-bond donors (Lipinski definition) is 2. The maximum absolute atomic E-state index is 11.3. The van der Waals surface area contributed by atoms with E-state index in [2.05, 4.69) is 10.3 Å². The molecule has 1 fully saturated rings. The fourth-order valence-corrected chi connectivity index (χ4v) is 2.28. The van der Waals surface area contributed by atoms with E-state index in [0.29, 0.717) is 33.8 Å². The third-order valence-electron chi connectivity index (χ3n) is 2.76. The van der Waals surface area contributed by atoms with Gasteiger partial charge in [-0.1, -0.05) is 23.2 Å². The van der Waals surface area contributed by atoms with Gasteiger partial charge in [-0.2, -0.15) is 0 Å². The van der Waals surface area contributed by atoms with Crippen LogP contribution in [0.25, 0.3) is 0 Å². The van der Waals surface area contributed by atoms with Crippen LogP contribution in [-0.2, 0) is 11.3 Å². The number of fused-ring (bicyclic) bond motifs is 2. The molecule has 7 heteroatoms. The van der Waals surface area contributed by atoms with E-state index in [4.69, 9.17) is 23.2 Å². The van der Waals surface area contributed by atoms with E-state index in [0.717, 1.165) is 0 Å². The van der Waals surface area contributed by atoms with Crippen LogP contribution in [0.15, 0.2) is 17.1 Å². The van der Waals surface area contributed by atoms with Crippen molar-refractivity contribution in [2.45, 2.75) is 12.8 Å². The van der Waals surface area contributed by atoms with Crippen molar-refractivity contribution in [1.29, 1.82) is 0 Å². The number of carbonyl (C=O) groups is 1. The van der Waals surface area contributed by atoms with Gasteiger partial charge in [0.25, 0.3) is 5.91 Å². The molecule has 2 N–H and O–H groups in total. The first kappa shape index (κ1) is 10.8. The molecule has 2 aliphatic rings. The lowest BCUT2D eigenvalue weighted by molar-refractivity contribution is -0.130. The summed E-state index contributed by atoms with van der Waals surface area (Å²) in [6.45, 7) is 0.299. The molecular formula is C10H7Cl2N3O2. The minimum Gasteiger partial charge on any atom is -0.365 e. The smallest absolute Gasteiger partial charge is 0.276 e. The van der Waals surface area contributed by atoms with E-state index < -0.39 is 12.1 Å². The van der Waals surface area contributed by atoms with Crippen LogP contribution in [0.2, 0.25) is 10.0 Å². The molecule has 2 heterocycles. The molecule has 1 aromatic rings. The van der Waals surface area contributed by atoms with Crippen molar-refractivity contribution in [3.63, 3.8) is 0 Å². The molecule has 3 rings (SSSR count). The Bertz CT molecular complexity index is 559. The van der Waals surface area contributed by atoms with Gasteiger partial charge in [0.1, 0.15) is 0 Å². The summed E-state index contributed by atoms with van der Waals surface area (Å²) in [6.07, 6.45) is -1.23. The molecule has 1 aromatic carbocycles. The first-order valence-corrected chi connectivity index (χ1v) is 5.64. The molecule has 1 saturated heterocycles. The van der Waals surface area contributed by atoms with E-state index >= 15 is 0 Å². The van der Waals surface area contributed by atoms with Gasteiger partial charge in [-0.3, -0.25) is 10.1 Å². The minimum atomic E-state index is -1.23. The van der Waals surface area contributed by atoms with Crippen molar-refractivity contribution >= 4 is 40.8 Å². The number of aliphatic hydroxyl groups excluding tert-OH is 1. The van der Waals surface area contributed by atoms with E-state index in [1.165, 1.54) is 4.90 Å². The molecular weight excluding hydrogens is 265 g/mol. The zero-order valence-corrected chi connectivity index (χ0v) is 9.96. The van der Waals surface area contributed by atoms with Gasteiger partial charge in [-0.15, -0.1) is 0 Å². The van der Waals surface area contributed by atoms with Crippen LogP contribution in [-0.4, -0.2) is 28.1 Å². The van der Waals surface area contributed by atoms with Crippen LogP contribution >= 0.6 is 23.2 Å². The minimum absolute atomic E-state index is 0.299. The first-order chi connectivity index (χ1) is 8.08. The van der Waals surface area contributed by atoms with Crippen LogP contribution in [0.1, 0.15) is 5.56 Å². The van der Waals surface area contributed by atoms with Gasteiger partial charge in [-0.25, -0.2) is 4.99 Å². The molecule has 1 unspecified atom stereocenters. The van der Waals surface area contributed by atoms with Crippen molar-refractivity contribution in [3.8, 4) is 0 Å². The Hall–Kier alpha value is -1.30. The summed E-state index contributed by atoms with van der Waals surface area (Å²) >= 11 is 12.0. The third kappa shape index (κ3) is 1.50. The molecule has 0 radical (unpaired) electrons. The summed E-state index contributed by atoms with van der Waals surface area (Å²) in [6, 6.07) is 3.38. The first-order valence-electron chi connectivity index (χ1n) is 4.89. The molecule has 0 saturated carbocycles. The van der Waals surface area contributed by atoms with Crippen molar-refractivity contribution in [1.82, 2.24) is 10.2 Å². The fraction of sp³-hybridized carbons (Fsp3) is 0.200. The molecule has 0 spiro atoms. The molecule has 1 amide bonds. The average Bonchev–Trinajstić information content (AvgIpc) is 2.58. The van der Waals surface area contributed by atoms with E-state index in [9.17, 15) is 9.90 Å². The molecule has 88 valence electrons. The largest absolute Gasteiger partial charge is 0.365 e. The zero-order valence-electron chi connectivity index (χ0n) is 8.44. The Kier molecular flexibility index (Phi) is 2.29. The third-order valence-corrected chi connectivity index (χ3v) is 3.61. The van der Waals surface area contributed by atoms with Crippen molar-refractivity contribution in [3.05, 3.63) is 27.7 Å². The second-order valence-corrected chi connectivity index (χ2v) is 4.57. The lowest BCUT2D eigenvalue weighted by Crippen LogP contribution is -2.36. The van der Waals surface area contributed by atoms with E-state index in [1.54, 1.807) is 12.1 Å². The van der Waals surface area contributed by atoms with Crippen LogP contribution in [0.3, 0.4) is 0 Å². The number of guanidine groups is 1. The number of carbonyl (C=O) groups excluding carboxylic acids is 1. The normalized spacial score (nSPS) is 21.8. The van der Waals surface area contributed by atoms with Gasteiger partial charge >= 0.3 is 0 Å². The Labute approximate surface area is 107 Å². The highest BCUT2D eigenvalue weighted by atomic mass is 35.5. The molecule has 1 atom stereocenters. The summed E-state index contributed by atoms with van der Waals surface area (Å²) < 4.78 is 0. The SMILES string of the molecule is O=C1NC2=Nc3ccc(Cl)c(Cl)c3CN2C1O. The number of halogens is 2. The predicted octanol–water partition coefficient (Wildman–Crippen LogP) is 1.24. The standard InChI is InChI=1S/C10H7Cl2N3O2/c11-5-1-2-6-4(7(5)12)3-15-9(17)8(16)14-10(15)13-6/h1-2,9,17H,3H2,(H,13,14,16). The van der Waals surface area contributed by atoms with Gasteiger partial charge in [-0.05, 0) is 12.1 Å². The summed E-state index contributed by atoms with van der Waals surface area (Å²) in [5.41, 5.74) is 1.36. The number of amides is 1. The lowest BCUT2D eigenvalue weighted by Gasteiger charge is -2.25. The Balaban J connectivity index is 2.12. The lowest BCUT2D eigenvalue weighted by atomic mass is 10.1. The topological polar surface area (TPSA) is 64.9 Å². The summed E-state index contributed by atoms with van der Waals surface area (Å²) in [5, 5.41) is 13.0. The number of hydrogen-bond acceptors (Lipinski definition) is 4. The summed E-state index contributed by atoms with van der Waals surface area (Å²) in [4.78, 5) is 17.0. The van der Waals surface area contributed by atoms with Gasteiger partial charge in [0, 0.05) is 5.56 Å². The average molecular weight is 272 g/mol. The molecule has 0 bridgehead atoms. The van der Waals surface area contributed by atoms with E-state index in [-0.39, 0.29) is 0 Å². The number of rotatable bonds is 0. The molecule has 0 aromatic heterocycles. The van der Waals surface area contributed by atoms with Gasteiger partial charge in [0.15, 0.2) is 0 Å². The van der Waals surface area contributed by atoms with Crippen LogP contribution in [0.5, 0.6) is 0 Å². The summed E-state index contributed by atoms with van der Waals surface area (Å²) in [5.74, 6) is -0.146. The maximum Gasteiger partial charge on any atom is 0.276 e. The summed E-state index contributed by atoms with van der Waals surface area (Å²) in [7, 11) is 0. The van der Waals surface area contributed by atoms with Crippen LogP contribution in [0.4, 0.5) is 5.69 Å². The highest BCUT2D eigenvalue weighted by Crippen LogP contribution is 2.37. The monoisotopic (exact) mass is 271 g/mol. The quantitative estimate of drug-likeness (QED) is 0.747. The molecule has 5 nitrogen and oxygen atoms in total. The number of aliphatic hydroxyl groups is 1. The number of nitrogens with zero attached hydrogens (tertiary/aromatic N) is 2. The Morgan fingerprint density at radius 1 is 1.47 bits per heavy atom. The van der Waals surface area contributed by atoms with E-state index in [1.807, 2.05) is 0 Å². The second kappa shape index (κ2) is 3.60. The van der Waals surface area contributed by atoms with Crippen molar-refractivity contribution < 1.29 is 9.90 Å². The highest BCUT2D eigenvalue weighted by molar-refractivity contribution is 6.42. The highest BCUT2D eigenvalue weighted by Gasteiger charge is 2.38. The van der Waals surface area contributed by atoms with Crippen molar-refractivity contribution in [2.75, 3.05) is 0 Å². The fourth-order valence-electron chi connectivity index (χ4n) is 1.88. The number of aliphatic imine (C=N–C) groups is 1. The zero-order chi connectivity index (χ0) is 12.2. The predicted molar refractivity (Wildman–Crippen MR) is 63.2 cm³/mol. The number of benzene rings is 1. The second-order valence-electron chi connectivity index (χ2n) is 3.79. The molecule has 2 aliphatic heterocycles. The maximum atomic E-state index is 11.3. The van der Waals surface area contributed by atoms with Crippen LogP contribution < -0.4 is 5.32 Å². The van der Waals surface area contributed by atoms with Gasteiger partial charge in [0.2, 0.25) is 12.2 Å².